The molecule has 2 N–H and O–H groups in total. The third-order valence-electron chi connectivity index (χ3n) is 4.47. The molecule has 0 aliphatic heterocycles. The maximum absolute atomic E-state index is 12.2. The van der Waals surface area contributed by atoms with Crippen molar-refractivity contribution >= 4 is 27.8 Å². The summed E-state index contributed by atoms with van der Waals surface area (Å²) >= 11 is 3.37. The molecule has 1 fully saturated rings. The molecule has 3 nitrogen and oxygen atoms in total. The summed E-state index contributed by atoms with van der Waals surface area (Å²) < 4.78 is 25.1. The van der Waals surface area contributed by atoms with Crippen LogP contribution in [-0.4, -0.2) is 23.7 Å². The number of pyridine rings is 1. The molecule has 1 saturated carbocycles. The standard InChI is InChI=1S/C18H24BrF2N3/c19-17-11-16(9-10-23-17)24-15-7-5-13(6-8-15)14(12-22)3-1-2-4-18(20)21/h3,9-13,15,18,22H,1-2,4-8H2,(H,23,24)/b14-3+,22-12?/t13-,15-. The van der Waals surface area contributed by atoms with Crippen molar-refractivity contribution in [2.75, 3.05) is 5.32 Å². The fourth-order valence-corrected chi connectivity index (χ4v) is 3.55. The van der Waals surface area contributed by atoms with Gasteiger partial charge in [0.15, 0.2) is 0 Å². The van der Waals surface area contributed by atoms with Crippen LogP contribution in [0, 0.1) is 11.3 Å². The highest BCUT2D eigenvalue weighted by Gasteiger charge is 2.23. The average Bonchev–Trinajstić information content (AvgIpc) is 2.56. The van der Waals surface area contributed by atoms with Crippen LogP contribution < -0.4 is 5.32 Å². The second-order valence-corrected chi connectivity index (χ2v) is 7.04. The summed E-state index contributed by atoms with van der Waals surface area (Å²) in [5.41, 5.74) is 2.07. The summed E-state index contributed by atoms with van der Waals surface area (Å²) in [6.45, 7) is 0. The van der Waals surface area contributed by atoms with Gasteiger partial charge in [0.1, 0.15) is 4.60 Å². The topological polar surface area (TPSA) is 48.8 Å². The first-order valence-corrected chi connectivity index (χ1v) is 9.24. The molecular weight excluding hydrogens is 376 g/mol. The number of rotatable bonds is 8. The molecule has 1 aliphatic carbocycles. The van der Waals surface area contributed by atoms with Crippen LogP contribution in [0.15, 0.2) is 34.6 Å². The Morgan fingerprint density at radius 3 is 2.75 bits per heavy atom. The minimum Gasteiger partial charge on any atom is -0.382 e. The molecule has 1 aromatic heterocycles. The van der Waals surface area contributed by atoms with Gasteiger partial charge >= 0.3 is 0 Å². The molecule has 0 spiro atoms. The second-order valence-electron chi connectivity index (χ2n) is 6.23. The number of halogens is 3. The molecule has 0 bridgehead atoms. The lowest BCUT2D eigenvalue weighted by molar-refractivity contribution is 0.135. The normalized spacial score (nSPS) is 21.8. The van der Waals surface area contributed by atoms with Crippen molar-refractivity contribution in [1.82, 2.24) is 4.98 Å². The molecule has 0 aromatic carbocycles. The lowest BCUT2D eigenvalue weighted by atomic mass is 9.81. The lowest BCUT2D eigenvalue weighted by Crippen LogP contribution is -2.27. The Hall–Kier alpha value is -1.30. The zero-order valence-corrected chi connectivity index (χ0v) is 15.2. The van der Waals surface area contributed by atoms with E-state index in [1.807, 2.05) is 18.2 Å². The van der Waals surface area contributed by atoms with Crippen LogP contribution >= 0.6 is 15.9 Å². The molecule has 0 unspecified atom stereocenters. The van der Waals surface area contributed by atoms with Gasteiger partial charge in [-0.05, 0) is 78.1 Å². The van der Waals surface area contributed by atoms with E-state index < -0.39 is 6.43 Å². The van der Waals surface area contributed by atoms with Gasteiger partial charge in [0.25, 0.3) is 0 Å². The molecule has 1 aromatic rings. The average molecular weight is 400 g/mol. The number of unbranched alkanes of at least 4 members (excludes halogenated alkanes) is 1. The first-order valence-electron chi connectivity index (χ1n) is 8.45. The van der Waals surface area contributed by atoms with E-state index in [-0.39, 0.29) is 6.42 Å². The number of allylic oxidation sites excluding steroid dienone is 2. The molecule has 2 rings (SSSR count). The summed E-state index contributed by atoms with van der Waals surface area (Å²) in [7, 11) is 0. The maximum atomic E-state index is 12.2. The minimum atomic E-state index is -2.23. The van der Waals surface area contributed by atoms with Gasteiger partial charge in [0.05, 0.1) is 0 Å². The summed E-state index contributed by atoms with van der Waals surface area (Å²) in [6, 6.07) is 4.36. The van der Waals surface area contributed by atoms with Gasteiger partial charge in [-0.2, -0.15) is 0 Å². The van der Waals surface area contributed by atoms with Crippen molar-refractivity contribution in [3.05, 3.63) is 34.6 Å². The SMILES string of the molecule is N=C/C(=C\CCCC(F)F)[C@H]1CC[C@H](Nc2ccnc(Br)c2)CC1. The maximum Gasteiger partial charge on any atom is 0.238 e. The van der Waals surface area contributed by atoms with E-state index in [4.69, 9.17) is 5.41 Å². The van der Waals surface area contributed by atoms with Crippen LogP contribution in [0.2, 0.25) is 0 Å². The first-order chi connectivity index (χ1) is 11.6. The van der Waals surface area contributed by atoms with Gasteiger partial charge in [-0.15, -0.1) is 0 Å². The lowest BCUT2D eigenvalue weighted by Gasteiger charge is -2.30. The van der Waals surface area contributed by atoms with Crippen molar-refractivity contribution in [2.45, 2.75) is 57.4 Å². The predicted molar refractivity (Wildman–Crippen MR) is 98.0 cm³/mol. The second kappa shape index (κ2) is 9.87. The summed E-state index contributed by atoms with van der Waals surface area (Å²) in [4.78, 5) is 4.12. The Morgan fingerprint density at radius 1 is 1.38 bits per heavy atom. The summed E-state index contributed by atoms with van der Waals surface area (Å²) in [5, 5.41) is 11.1. The molecule has 24 heavy (non-hydrogen) atoms. The Kier molecular flexibility index (Phi) is 7.82. The highest BCUT2D eigenvalue weighted by molar-refractivity contribution is 9.10. The van der Waals surface area contributed by atoms with Crippen LogP contribution in [0.1, 0.15) is 44.9 Å². The van der Waals surface area contributed by atoms with E-state index in [9.17, 15) is 8.78 Å². The largest absolute Gasteiger partial charge is 0.382 e. The molecule has 132 valence electrons. The third-order valence-corrected chi connectivity index (χ3v) is 4.90. The fourth-order valence-electron chi connectivity index (χ4n) is 3.18. The van der Waals surface area contributed by atoms with E-state index in [0.717, 1.165) is 41.5 Å². The zero-order valence-electron chi connectivity index (χ0n) is 13.6. The zero-order chi connectivity index (χ0) is 17.4. The molecule has 0 atom stereocenters. The Bertz CT molecular complexity index is 555. The third kappa shape index (κ3) is 6.30. The number of nitrogens with zero attached hydrogens (tertiary/aromatic N) is 1. The van der Waals surface area contributed by atoms with Crippen LogP contribution in [0.3, 0.4) is 0 Å². The van der Waals surface area contributed by atoms with Gasteiger partial charge in [0, 0.05) is 30.6 Å². The molecule has 0 amide bonds. The fraction of sp³-hybridized carbons (Fsp3) is 0.556. The molecule has 1 aliphatic rings. The Balaban J connectivity index is 1.80. The number of anilines is 1. The van der Waals surface area contributed by atoms with E-state index >= 15 is 0 Å². The summed E-state index contributed by atoms with van der Waals surface area (Å²) in [5.74, 6) is 0.385. The van der Waals surface area contributed by atoms with Gasteiger partial charge in [-0.1, -0.05) is 6.08 Å². The van der Waals surface area contributed by atoms with Crippen molar-refractivity contribution in [3.8, 4) is 0 Å². The molecule has 1 heterocycles. The van der Waals surface area contributed by atoms with Crippen molar-refractivity contribution in [1.29, 1.82) is 5.41 Å². The van der Waals surface area contributed by atoms with Gasteiger partial charge < -0.3 is 10.7 Å². The number of hydrogen-bond donors (Lipinski definition) is 2. The van der Waals surface area contributed by atoms with E-state index in [0.29, 0.717) is 24.8 Å². The number of hydrogen-bond acceptors (Lipinski definition) is 3. The van der Waals surface area contributed by atoms with Crippen LogP contribution in [0.4, 0.5) is 14.5 Å². The predicted octanol–water partition coefficient (Wildman–Crippen LogP) is 5.83. The van der Waals surface area contributed by atoms with Crippen molar-refractivity contribution in [2.24, 2.45) is 5.92 Å². The highest BCUT2D eigenvalue weighted by Crippen LogP contribution is 2.31. The van der Waals surface area contributed by atoms with E-state index in [1.54, 1.807) is 6.20 Å². The molecule has 6 heteroatoms. The molecule has 0 radical (unpaired) electrons. The Morgan fingerprint density at radius 2 is 2.12 bits per heavy atom. The van der Waals surface area contributed by atoms with Crippen molar-refractivity contribution < 1.29 is 8.78 Å². The van der Waals surface area contributed by atoms with Gasteiger partial charge in [0.2, 0.25) is 6.43 Å². The van der Waals surface area contributed by atoms with E-state index in [1.165, 1.54) is 6.21 Å². The van der Waals surface area contributed by atoms with Crippen molar-refractivity contribution in [3.63, 3.8) is 0 Å². The molecular formula is C18H24BrF2N3. The number of nitrogens with one attached hydrogen (secondary N) is 2. The van der Waals surface area contributed by atoms with Crippen LogP contribution in [-0.2, 0) is 0 Å². The first kappa shape index (κ1) is 19.0. The van der Waals surface area contributed by atoms with Gasteiger partial charge in [-0.3, -0.25) is 0 Å². The van der Waals surface area contributed by atoms with Crippen LogP contribution in [0.5, 0.6) is 0 Å². The minimum absolute atomic E-state index is 0.0556. The smallest absolute Gasteiger partial charge is 0.238 e. The highest BCUT2D eigenvalue weighted by atomic mass is 79.9. The number of alkyl halides is 2. The number of aromatic nitrogens is 1. The Labute approximate surface area is 150 Å². The van der Waals surface area contributed by atoms with E-state index in [2.05, 4.69) is 26.2 Å². The monoisotopic (exact) mass is 399 g/mol. The summed E-state index contributed by atoms with van der Waals surface area (Å²) in [6.07, 6.45) is 8.15. The molecule has 0 saturated heterocycles. The quantitative estimate of drug-likeness (QED) is 0.328. The van der Waals surface area contributed by atoms with Gasteiger partial charge in [-0.25, -0.2) is 13.8 Å². The van der Waals surface area contributed by atoms with Crippen LogP contribution in [0.25, 0.3) is 0 Å².